The van der Waals surface area contributed by atoms with Gasteiger partial charge in [-0.3, -0.25) is 0 Å². The van der Waals surface area contributed by atoms with Gasteiger partial charge in [0.2, 0.25) is 0 Å². The molecule has 1 spiro atoms. The molecule has 2 aliphatic heterocycles. The van der Waals surface area contributed by atoms with Crippen LogP contribution in [0.15, 0.2) is 0 Å². The normalized spacial score (nSPS) is 25.8. The summed E-state index contributed by atoms with van der Waals surface area (Å²) in [6.07, 6.45) is 2.88. The predicted octanol–water partition coefficient (Wildman–Crippen LogP) is 2.70. The van der Waals surface area contributed by atoms with Gasteiger partial charge in [0.05, 0.1) is 0 Å². The third-order valence-corrected chi connectivity index (χ3v) is 4.28. The molecular formula is C15H30N2. The first-order valence-corrected chi connectivity index (χ1v) is 7.44. The molecule has 0 bridgehead atoms. The smallest absolute Gasteiger partial charge is 0.00515 e. The van der Waals surface area contributed by atoms with Gasteiger partial charge in [0.1, 0.15) is 0 Å². The topological polar surface area (TPSA) is 6.48 Å². The molecule has 2 nitrogen and oxygen atoms in total. The van der Waals surface area contributed by atoms with Gasteiger partial charge in [0.15, 0.2) is 0 Å². The van der Waals surface area contributed by atoms with Crippen LogP contribution in [-0.2, 0) is 0 Å². The van der Waals surface area contributed by atoms with Gasteiger partial charge < -0.3 is 9.80 Å². The van der Waals surface area contributed by atoms with Gasteiger partial charge in [0, 0.05) is 26.2 Å². The van der Waals surface area contributed by atoms with E-state index < -0.39 is 0 Å². The van der Waals surface area contributed by atoms with Crippen LogP contribution in [0.1, 0.15) is 40.5 Å². The van der Waals surface area contributed by atoms with Gasteiger partial charge in [-0.05, 0) is 43.2 Å². The average Bonchev–Trinajstić information content (AvgIpc) is 2.17. The lowest BCUT2D eigenvalue weighted by atomic mass is 9.71. The molecule has 100 valence electrons. The largest absolute Gasteiger partial charge is 0.303 e. The molecule has 0 unspecified atom stereocenters. The zero-order valence-electron chi connectivity index (χ0n) is 12.2. The lowest BCUT2D eigenvalue weighted by Gasteiger charge is -2.54. The standard InChI is InChI=1S/C15H30N2/c1-13(2)9-16-7-5-15(6-8-16)11-17(12-15)10-14(3)4/h13-14H,5-12H2,1-4H3. The van der Waals surface area contributed by atoms with Gasteiger partial charge in [-0.1, -0.05) is 27.7 Å². The number of hydrogen-bond donors (Lipinski definition) is 0. The highest BCUT2D eigenvalue weighted by molar-refractivity contribution is 4.98. The fourth-order valence-electron chi connectivity index (χ4n) is 3.59. The summed E-state index contributed by atoms with van der Waals surface area (Å²) in [6.45, 7) is 17.4. The van der Waals surface area contributed by atoms with E-state index in [0.29, 0.717) is 5.41 Å². The third kappa shape index (κ3) is 3.45. The Morgan fingerprint density at radius 2 is 1.29 bits per heavy atom. The highest BCUT2D eigenvalue weighted by Gasteiger charge is 2.44. The summed E-state index contributed by atoms with van der Waals surface area (Å²) in [6, 6.07) is 0. The first-order chi connectivity index (χ1) is 7.99. The van der Waals surface area contributed by atoms with Crippen molar-refractivity contribution in [1.29, 1.82) is 0 Å². The van der Waals surface area contributed by atoms with E-state index in [-0.39, 0.29) is 0 Å². The van der Waals surface area contributed by atoms with Crippen molar-refractivity contribution in [2.45, 2.75) is 40.5 Å². The van der Waals surface area contributed by atoms with Crippen LogP contribution in [0.3, 0.4) is 0 Å². The van der Waals surface area contributed by atoms with Gasteiger partial charge >= 0.3 is 0 Å². The van der Waals surface area contributed by atoms with Crippen molar-refractivity contribution in [3.8, 4) is 0 Å². The molecule has 2 fully saturated rings. The minimum absolute atomic E-state index is 0.711. The maximum absolute atomic E-state index is 2.67. The van der Waals surface area contributed by atoms with Crippen LogP contribution in [0, 0.1) is 17.3 Å². The number of likely N-dealkylation sites (tertiary alicyclic amines) is 2. The molecule has 2 aliphatic rings. The monoisotopic (exact) mass is 238 g/mol. The second kappa shape index (κ2) is 5.27. The van der Waals surface area contributed by atoms with Crippen molar-refractivity contribution >= 4 is 0 Å². The molecule has 2 saturated heterocycles. The Kier molecular flexibility index (Phi) is 4.14. The van der Waals surface area contributed by atoms with Crippen LogP contribution < -0.4 is 0 Å². The molecule has 2 heteroatoms. The Hall–Kier alpha value is -0.0800. The van der Waals surface area contributed by atoms with E-state index in [2.05, 4.69) is 37.5 Å². The molecule has 0 amide bonds. The summed E-state index contributed by atoms with van der Waals surface area (Å²) in [4.78, 5) is 5.32. The van der Waals surface area contributed by atoms with E-state index in [1.165, 1.54) is 52.1 Å². The number of hydrogen-bond acceptors (Lipinski definition) is 2. The van der Waals surface area contributed by atoms with Crippen LogP contribution in [0.25, 0.3) is 0 Å². The van der Waals surface area contributed by atoms with Gasteiger partial charge in [-0.2, -0.15) is 0 Å². The highest BCUT2D eigenvalue weighted by Crippen LogP contribution is 2.40. The summed E-state index contributed by atoms with van der Waals surface area (Å²) in [5, 5.41) is 0. The predicted molar refractivity (Wildman–Crippen MR) is 74.2 cm³/mol. The fraction of sp³-hybridized carbons (Fsp3) is 1.00. The molecule has 0 aliphatic carbocycles. The van der Waals surface area contributed by atoms with Crippen LogP contribution in [0.2, 0.25) is 0 Å². The number of piperidine rings is 1. The van der Waals surface area contributed by atoms with E-state index in [9.17, 15) is 0 Å². The number of rotatable bonds is 4. The maximum atomic E-state index is 2.67. The van der Waals surface area contributed by atoms with Crippen molar-refractivity contribution in [2.75, 3.05) is 39.3 Å². The molecule has 0 aromatic carbocycles. The molecule has 0 N–H and O–H groups in total. The molecule has 17 heavy (non-hydrogen) atoms. The number of nitrogens with zero attached hydrogens (tertiary/aromatic N) is 2. The van der Waals surface area contributed by atoms with E-state index in [1.807, 2.05) is 0 Å². The van der Waals surface area contributed by atoms with Crippen molar-refractivity contribution in [1.82, 2.24) is 9.80 Å². The zero-order valence-corrected chi connectivity index (χ0v) is 12.2. The Balaban J connectivity index is 1.70. The Morgan fingerprint density at radius 3 is 1.76 bits per heavy atom. The average molecular weight is 238 g/mol. The lowest BCUT2D eigenvalue weighted by molar-refractivity contribution is -0.0525. The fourth-order valence-corrected chi connectivity index (χ4v) is 3.59. The van der Waals surface area contributed by atoms with Gasteiger partial charge in [-0.15, -0.1) is 0 Å². The van der Waals surface area contributed by atoms with Crippen LogP contribution in [0.5, 0.6) is 0 Å². The molecule has 0 radical (unpaired) electrons. The molecule has 0 atom stereocenters. The molecule has 0 saturated carbocycles. The molecule has 2 rings (SSSR count). The zero-order chi connectivity index (χ0) is 12.5. The van der Waals surface area contributed by atoms with Crippen LogP contribution in [-0.4, -0.2) is 49.1 Å². The minimum atomic E-state index is 0.711. The Morgan fingerprint density at radius 1 is 0.824 bits per heavy atom. The summed E-state index contributed by atoms with van der Waals surface area (Å²) in [7, 11) is 0. The summed E-state index contributed by atoms with van der Waals surface area (Å²) in [5.74, 6) is 1.65. The van der Waals surface area contributed by atoms with Crippen molar-refractivity contribution in [3.63, 3.8) is 0 Å². The van der Waals surface area contributed by atoms with E-state index in [0.717, 1.165) is 11.8 Å². The van der Waals surface area contributed by atoms with E-state index in [4.69, 9.17) is 0 Å². The van der Waals surface area contributed by atoms with Crippen molar-refractivity contribution in [3.05, 3.63) is 0 Å². The summed E-state index contributed by atoms with van der Waals surface area (Å²) >= 11 is 0. The second-order valence-corrected chi connectivity index (χ2v) is 7.26. The maximum Gasteiger partial charge on any atom is 0.00515 e. The van der Waals surface area contributed by atoms with Gasteiger partial charge in [-0.25, -0.2) is 0 Å². The first kappa shape index (κ1) is 13.4. The minimum Gasteiger partial charge on any atom is -0.303 e. The molecular weight excluding hydrogens is 208 g/mol. The summed E-state index contributed by atoms with van der Waals surface area (Å²) < 4.78 is 0. The van der Waals surface area contributed by atoms with Crippen molar-refractivity contribution < 1.29 is 0 Å². The van der Waals surface area contributed by atoms with Crippen LogP contribution >= 0.6 is 0 Å². The summed E-state index contributed by atoms with van der Waals surface area (Å²) in [5.41, 5.74) is 0.711. The Labute approximate surface area is 107 Å². The van der Waals surface area contributed by atoms with E-state index in [1.54, 1.807) is 0 Å². The molecule has 0 aromatic rings. The van der Waals surface area contributed by atoms with Crippen molar-refractivity contribution in [2.24, 2.45) is 17.3 Å². The molecule has 0 aromatic heterocycles. The molecule has 2 heterocycles. The second-order valence-electron chi connectivity index (χ2n) is 7.26. The van der Waals surface area contributed by atoms with Crippen LogP contribution in [0.4, 0.5) is 0 Å². The highest BCUT2D eigenvalue weighted by atomic mass is 15.2. The Bertz CT molecular complexity index is 231. The SMILES string of the molecule is CC(C)CN1CCC2(CC1)CN(CC(C)C)C2. The lowest BCUT2D eigenvalue weighted by Crippen LogP contribution is -2.60. The third-order valence-electron chi connectivity index (χ3n) is 4.28. The van der Waals surface area contributed by atoms with E-state index >= 15 is 0 Å². The quantitative estimate of drug-likeness (QED) is 0.743. The van der Waals surface area contributed by atoms with Gasteiger partial charge in [0.25, 0.3) is 0 Å². The first-order valence-electron chi connectivity index (χ1n) is 7.44.